The zero-order valence-electron chi connectivity index (χ0n) is 19.5. The highest BCUT2D eigenvalue weighted by molar-refractivity contribution is 6.30. The predicted octanol–water partition coefficient (Wildman–Crippen LogP) is 2.94. The molecule has 0 aromatic heterocycles. The Morgan fingerprint density at radius 2 is 1.76 bits per heavy atom. The van der Waals surface area contributed by atoms with Crippen LogP contribution < -0.4 is 19.7 Å². The van der Waals surface area contributed by atoms with E-state index < -0.39 is 0 Å². The number of halogens is 1. The van der Waals surface area contributed by atoms with Crippen molar-refractivity contribution in [1.82, 2.24) is 10.2 Å². The zero-order valence-corrected chi connectivity index (χ0v) is 20.2. The Bertz CT molecular complexity index is 965. The molecule has 0 aliphatic carbocycles. The molecule has 2 aromatic rings. The van der Waals surface area contributed by atoms with Crippen LogP contribution in [0, 0.1) is 5.92 Å². The lowest BCUT2D eigenvalue weighted by Gasteiger charge is -2.27. The second kappa shape index (κ2) is 11.3. The highest BCUT2D eigenvalue weighted by Gasteiger charge is 2.30. The first-order valence-electron chi connectivity index (χ1n) is 12.1. The van der Waals surface area contributed by atoms with E-state index >= 15 is 0 Å². The van der Waals surface area contributed by atoms with Crippen molar-refractivity contribution < 1.29 is 19.7 Å². The fraction of sp³-hybridized carbons (Fsp3) is 0.500. The molecular formula is C26H34ClN3O4. The molecule has 0 bridgehead atoms. The Kier molecular flexibility index (Phi) is 8.19. The number of nitrogens with zero attached hydrogens (tertiary/aromatic N) is 2. The van der Waals surface area contributed by atoms with Crippen LogP contribution in [0.5, 0.6) is 11.5 Å². The van der Waals surface area contributed by atoms with E-state index in [2.05, 4.69) is 27.2 Å². The number of rotatable bonds is 7. The first-order valence-corrected chi connectivity index (χ1v) is 12.4. The van der Waals surface area contributed by atoms with Gasteiger partial charge in [-0.15, -0.1) is 0 Å². The third-order valence-electron chi connectivity index (χ3n) is 6.86. The number of nitrogens with one attached hydrogen (secondary N) is 1. The third kappa shape index (κ3) is 5.95. The summed E-state index contributed by atoms with van der Waals surface area (Å²) in [5, 5.41) is 4.13. The van der Waals surface area contributed by atoms with Crippen LogP contribution in [0.2, 0.25) is 5.02 Å². The summed E-state index contributed by atoms with van der Waals surface area (Å²) in [5.41, 5.74) is 2.29. The average Bonchev–Trinajstić information content (AvgIpc) is 3.52. The fourth-order valence-electron chi connectivity index (χ4n) is 5.12. The first kappa shape index (κ1) is 24.6. The van der Waals surface area contributed by atoms with Crippen molar-refractivity contribution in [2.45, 2.75) is 31.7 Å². The number of carbonyl (C=O) groups is 1. The second-order valence-corrected chi connectivity index (χ2v) is 9.74. The van der Waals surface area contributed by atoms with Gasteiger partial charge in [-0.1, -0.05) is 17.7 Å². The van der Waals surface area contributed by atoms with E-state index in [9.17, 15) is 4.79 Å². The normalized spacial score (nSPS) is 20.6. The van der Waals surface area contributed by atoms with Gasteiger partial charge >= 0.3 is 0 Å². The van der Waals surface area contributed by atoms with Gasteiger partial charge in [0.25, 0.3) is 0 Å². The minimum Gasteiger partial charge on any atom is -0.486 e. The standard InChI is InChI=1S/C26H32ClN3O3.H2O/c27-21-4-6-23(7-5-21)30-12-9-20(17-30)26(31)28-22(18-29-10-1-2-11-29)15-19-3-8-24-25(16-19)33-14-13-32-24;/h3-8,16,20,22H,1-2,9-15,17-18H2,(H,28,31);1H2/t20-,22+;/m1./s1. The number of benzene rings is 2. The van der Waals surface area contributed by atoms with Gasteiger partial charge in [-0.05, 0) is 80.7 Å². The van der Waals surface area contributed by atoms with Gasteiger partial charge in [0.2, 0.25) is 5.91 Å². The lowest BCUT2D eigenvalue weighted by Crippen LogP contribution is -2.46. The van der Waals surface area contributed by atoms with E-state index in [0.29, 0.717) is 13.2 Å². The maximum atomic E-state index is 13.3. The molecule has 3 N–H and O–H groups in total. The average molecular weight is 488 g/mol. The number of hydrogen-bond donors (Lipinski definition) is 1. The van der Waals surface area contributed by atoms with Crippen molar-refractivity contribution in [2.75, 3.05) is 50.8 Å². The zero-order chi connectivity index (χ0) is 22.6. The van der Waals surface area contributed by atoms with Crippen LogP contribution in [-0.2, 0) is 11.2 Å². The molecule has 2 aromatic carbocycles. The van der Waals surface area contributed by atoms with Gasteiger partial charge in [-0.25, -0.2) is 0 Å². The van der Waals surface area contributed by atoms with E-state index in [-0.39, 0.29) is 23.3 Å². The SMILES string of the molecule is O.O=C(N[C@@H](Cc1ccc2c(c1)OCCO2)CN1CCCC1)[C@@H]1CCN(c2ccc(Cl)cc2)C1. The quantitative estimate of drug-likeness (QED) is 0.649. The van der Waals surface area contributed by atoms with E-state index in [1.54, 1.807) is 0 Å². The van der Waals surface area contributed by atoms with Crippen molar-refractivity contribution in [1.29, 1.82) is 0 Å². The van der Waals surface area contributed by atoms with Gasteiger partial charge in [0, 0.05) is 36.4 Å². The number of anilines is 1. The van der Waals surface area contributed by atoms with Crippen molar-refractivity contribution in [3.8, 4) is 11.5 Å². The molecule has 2 atom stereocenters. The van der Waals surface area contributed by atoms with Crippen LogP contribution in [0.4, 0.5) is 5.69 Å². The molecular weight excluding hydrogens is 454 g/mol. The Labute approximate surface area is 206 Å². The molecule has 0 radical (unpaired) electrons. The molecule has 2 fully saturated rings. The summed E-state index contributed by atoms with van der Waals surface area (Å²) in [6.45, 7) is 5.91. The monoisotopic (exact) mass is 487 g/mol. The molecule has 184 valence electrons. The summed E-state index contributed by atoms with van der Waals surface area (Å²) in [6, 6.07) is 14.1. The smallest absolute Gasteiger partial charge is 0.225 e. The number of amides is 1. The number of likely N-dealkylation sites (tertiary alicyclic amines) is 1. The highest BCUT2D eigenvalue weighted by Crippen LogP contribution is 2.31. The topological polar surface area (TPSA) is 85.5 Å². The molecule has 3 aliphatic rings. The minimum atomic E-state index is 0. The maximum Gasteiger partial charge on any atom is 0.225 e. The van der Waals surface area contributed by atoms with Crippen LogP contribution in [0.25, 0.3) is 0 Å². The fourth-order valence-corrected chi connectivity index (χ4v) is 5.24. The summed E-state index contributed by atoms with van der Waals surface area (Å²) < 4.78 is 11.4. The Balaban J connectivity index is 0.00000274. The van der Waals surface area contributed by atoms with Crippen molar-refractivity contribution in [2.24, 2.45) is 5.92 Å². The summed E-state index contributed by atoms with van der Waals surface area (Å²) in [6.07, 6.45) is 4.13. The van der Waals surface area contributed by atoms with E-state index in [1.165, 1.54) is 12.8 Å². The first-order chi connectivity index (χ1) is 16.1. The third-order valence-corrected chi connectivity index (χ3v) is 7.12. The van der Waals surface area contributed by atoms with Gasteiger partial charge in [0.05, 0.1) is 5.92 Å². The van der Waals surface area contributed by atoms with E-state index in [0.717, 1.165) is 73.3 Å². The Morgan fingerprint density at radius 3 is 2.53 bits per heavy atom. The van der Waals surface area contributed by atoms with Gasteiger partial charge in [-0.2, -0.15) is 0 Å². The van der Waals surface area contributed by atoms with Gasteiger partial charge in [-0.3, -0.25) is 4.79 Å². The van der Waals surface area contributed by atoms with Gasteiger partial charge in [0.1, 0.15) is 13.2 Å². The van der Waals surface area contributed by atoms with E-state index in [4.69, 9.17) is 21.1 Å². The van der Waals surface area contributed by atoms with Crippen molar-refractivity contribution in [3.05, 3.63) is 53.1 Å². The van der Waals surface area contributed by atoms with Crippen molar-refractivity contribution >= 4 is 23.2 Å². The number of fused-ring (bicyclic) bond motifs is 1. The Hall–Kier alpha value is -2.48. The molecule has 0 saturated carbocycles. The summed E-state index contributed by atoms with van der Waals surface area (Å²) in [7, 11) is 0. The molecule has 3 heterocycles. The molecule has 8 heteroatoms. The van der Waals surface area contributed by atoms with Crippen molar-refractivity contribution in [3.63, 3.8) is 0 Å². The summed E-state index contributed by atoms with van der Waals surface area (Å²) >= 11 is 6.03. The van der Waals surface area contributed by atoms with E-state index in [1.807, 2.05) is 30.3 Å². The number of ether oxygens (including phenoxy) is 2. The van der Waals surface area contributed by atoms with Crippen LogP contribution in [0.15, 0.2) is 42.5 Å². The highest BCUT2D eigenvalue weighted by atomic mass is 35.5. The summed E-state index contributed by atoms with van der Waals surface area (Å²) in [5.74, 6) is 1.77. The maximum absolute atomic E-state index is 13.3. The molecule has 5 rings (SSSR count). The molecule has 0 unspecified atom stereocenters. The number of hydrogen-bond acceptors (Lipinski definition) is 5. The Morgan fingerprint density at radius 1 is 1.03 bits per heavy atom. The lowest BCUT2D eigenvalue weighted by atomic mass is 10.0. The summed E-state index contributed by atoms with van der Waals surface area (Å²) in [4.78, 5) is 18.0. The molecule has 0 spiro atoms. The van der Waals surface area contributed by atoms with Gasteiger partial charge in [0.15, 0.2) is 11.5 Å². The minimum absolute atomic E-state index is 0. The second-order valence-electron chi connectivity index (χ2n) is 9.30. The van der Waals surface area contributed by atoms with Gasteiger partial charge < -0.3 is 30.1 Å². The predicted molar refractivity (Wildman–Crippen MR) is 134 cm³/mol. The van der Waals surface area contributed by atoms with Crippen LogP contribution >= 0.6 is 11.6 Å². The van der Waals surface area contributed by atoms with Crippen LogP contribution in [-0.4, -0.2) is 68.3 Å². The molecule has 1 amide bonds. The van der Waals surface area contributed by atoms with Crippen LogP contribution in [0.3, 0.4) is 0 Å². The lowest BCUT2D eigenvalue weighted by molar-refractivity contribution is -0.125. The van der Waals surface area contributed by atoms with Crippen LogP contribution in [0.1, 0.15) is 24.8 Å². The molecule has 34 heavy (non-hydrogen) atoms. The molecule has 3 aliphatic heterocycles. The number of carbonyl (C=O) groups excluding carboxylic acids is 1. The largest absolute Gasteiger partial charge is 0.486 e. The molecule has 7 nitrogen and oxygen atoms in total. The molecule has 2 saturated heterocycles.